The Balaban J connectivity index is 1.54. The molecule has 33 heavy (non-hydrogen) atoms. The van der Waals surface area contributed by atoms with Crippen LogP contribution in [0.3, 0.4) is 0 Å². The van der Waals surface area contributed by atoms with Gasteiger partial charge in [-0.15, -0.1) is 11.3 Å². The van der Waals surface area contributed by atoms with Crippen LogP contribution in [0.1, 0.15) is 45.3 Å². The van der Waals surface area contributed by atoms with Gasteiger partial charge < -0.3 is 15.0 Å². The minimum absolute atomic E-state index is 0.180. The summed E-state index contributed by atoms with van der Waals surface area (Å²) in [6, 6.07) is 17.5. The lowest BCUT2D eigenvalue weighted by Gasteiger charge is -2.25. The minimum atomic E-state index is -1.13. The molecule has 7 heteroatoms. The number of rotatable bonds is 6. The number of aryl methyl sites for hydroxylation is 2. The van der Waals surface area contributed by atoms with E-state index in [1.165, 1.54) is 11.3 Å². The van der Waals surface area contributed by atoms with Crippen molar-refractivity contribution in [2.24, 2.45) is 0 Å². The molecule has 1 fully saturated rings. The monoisotopic (exact) mass is 462 g/mol. The van der Waals surface area contributed by atoms with Gasteiger partial charge >= 0.3 is 5.97 Å². The Hall–Kier alpha value is -3.45. The van der Waals surface area contributed by atoms with Gasteiger partial charge in [-0.25, -0.2) is 4.79 Å². The molecular formula is C26H26N2O4S. The fourth-order valence-corrected chi connectivity index (χ4v) is 4.83. The van der Waals surface area contributed by atoms with Crippen molar-refractivity contribution in [3.63, 3.8) is 0 Å². The van der Waals surface area contributed by atoms with E-state index in [9.17, 15) is 14.4 Å². The summed E-state index contributed by atoms with van der Waals surface area (Å²) in [5, 5.41) is 4.71. The van der Waals surface area contributed by atoms with Crippen LogP contribution in [0, 0.1) is 13.8 Å². The second-order valence-corrected chi connectivity index (χ2v) is 9.17. The van der Waals surface area contributed by atoms with Crippen molar-refractivity contribution in [1.29, 1.82) is 0 Å². The Labute approximate surface area is 197 Å². The maximum Gasteiger partial charge on any atom is 0.329 e. The molecule has 0 bridgehead atoms. The number of thiophene rings is 1. The Morgan fingerprint density at radius 3 is 2.42 bits per heavy atom. The van der Waals surface area contributed by atoms with Gasteiger partial charge in [0.25, 0.3) is 11.8 Å². The van der Waals surface area contributed by atoms with Crippen LogP contribution >= 0.6 is 11.3 Å². The first-order chi connectivity index (χ1) is 15.9. The first-order valence-electron chi connectivity index (χ1n) is 10.9. The molecule has 2 aromatic carbocycles. The number of nitrogens with zero attached hydrogens (tertiary/aromatic N) is 1. The predicted octanol–water partition coefficient (Wildman–Crippen LogP) is 4.89. The molecule has 0 radical (unpaired) electrons. The van der Waals surface area contributed by atoms with Crippen LogP contribution in [0.25, 0.3) is 0 Å². The molecule has 2 heterocycles. The fraction of sp³-hybridized carbons (Fsp3) is 0.269. The third kappa shape index (κ3) is 5.31. The first-order valence-corrected chi connectivity index (χ1v) is 11.8. The van der Waals surface area contributed by atoms with Crippen LogP contribution in [-0.4, -0.2) is 35.3 Å². The molecule has 2 amide bonds. The molecule has 0 aliphatic carbocycles. The lowest BCUT2D eigenvalue weighted by molar-refractivity contribution is -0.158. The number of likely N-dealkylation sites (tertiary alicyclic amines) is 1. The largest absolute Gasteiger partial charge is 0.446 e. The SMILES string of the molecule is Cc1cc(C)cc(NC(=O)[C@H](OC(=O)[C@H]2CCCN2C(=O)c2cccs2)c2ccccc2)c1. The van der Waals surface area contributed by atoms with Crippen LogP contribution in [0.15, 0.2) is 66.0 Å². The number of amides is 2. The average Bonchev–Trinajstić information content (AvgIpc) is 3.49. The molecule has 4 rings (SSSR count). The van der Waals surface area contributed by atoms with Gasteiger partial charge in [-0.2, -0.15) is 0 Å². The number of hydrogen-bond acceptors (Lipinski definition) is 5. The summed E-state index contributed by atoms with van der Waals surface area (Å²) in [5.74, 6) is -1.18. The summed E-state index contributed by atoms with van der Waals surface area (Å²) in [4.78, 5) is 41.4. The smallest absolute Gasteiger partial charge is 0.329 e. The molecule has 2 atom stereocenters. The predicted molar refractivity (Wildman–Crippen MR) is 128 cm³/mol. The zero-order valence-corrected chi connectivity index (χ0v) is 19.4. The number of carbonyl (C=O) groups excluding carboxylic acids is 3. The quantitative estimate of drug-likeness (QED) is 0.529. The molecule has 0 spiro atoms. The standard InChI is InChI=1S/C26H26N2O4S/c1-17-14-18(2)16-20(15-17)27-24(29)23(19-8-4-3-5-9-19)32-26(31)21-10-6-12-28(21)25(30)22-11-7-13-33-22/h3-5,7-9,11,13-16,21,23H,6,10,12H2,1-2H3,(H,27,29)/t21-,23-/m1/s1. The minimum Gasteiger partial charge on any atom is -0.446 e. The number of hydrogen-bond donors (Lipinski definition) is 1. The molecule has 0 unspecified atom stereocenters. The second kappa shape index (κ2) is 10.0. The maximum atomic E-state index is 13.2. The Kier molecular flexibility index (Phi) is 6.89. The highest BCUT2D eigenvalue weighted by molar-refractivity contribution is 7.12. The number of ether oxygens (including phenoxy) is 1. The third-order valence-electron chi connectivity index (χ3n) is 5.58. The zero-order valence-electron chi connectivity index (χ0n) is 18.6. The van der Waals surface area contributed by atoms with E-state index < -0.39 is 24.0 Å². The van der Waals surface area contributed by atoms with E-state index in [2.05, 4.69) is 5.32 Å². The van der Waals surface area contributed by atoms with Gasteiger partial charge in [0, 0.05) is 17.8 Å². The van der Waals surface area contributed by atoms with Gasteiger partial charge in [-0.3, -0.25) is 9.59 Å². The highest BCUT2D eigenvalue weighted by atomic mass is 32.1. The van der Waals surface area contributed by atoms with Gasteiger partial charge in [0.05, 0.1) is 4.88 Å². The maximum absolute atomic E-state index is 13.2. The lowest BCUT2D eigenvalue weighted by atomic mass is 10.1. The molecule has 170 valence electrons. The van der Waals surface area contributed by atoms with E-state index in [1.54, 1.807) is 35.2 Å². The molecular weight excluding hydrogens is 436 g/mol. The summed E-state index contributed by atoms with van der Waals surface area (Å²) >= 11 is 1.34. The van der Waals surface area contributed by atoms with E-state index in [0.29, 0.717) is 35.5 Å². The van der Waals surface area contributed by atoms with Crippen molar-refractivity contribution >= 4 is 34.8 Å². The van der Waals surface area contributed by atoms with Crippen molar-refractivity contribution in [1.82, 2.24) is 4.90 Å². The van der Waals surface area contributed by atoms with E-state index in [-0.39, 0.29) is 5.91 Å². The van der Waals surface area contributed by atoms with Gasteiger partial charge in [0.2, 0.25) is 6.10 Å². The van der Waals surface area contributed by atoms with Gasteiger partial charge in [0.1, 0.15) is 6.04 Å². The van der Waals surface area contributed by atoms with Crippen LogP contribution < -0.4 is 5.32 Å². The topological polar surface area (TPSA) is 75.7 Å². The van der Waals surface area contributed by atoms with Crippen LogP contribution in [0.5, 0.6) is 0 Å². The van der Waals surface area contributed by atoms with Crippen molar-refractivity contribution in [2.75, 3.05) is 11.9 Å². The van der Waals surface area contributed by atoms with Crippen LogP contribution in [0.2, 0.25) is 0 Å². The highest BCUT2D eigenvalue weighted by Gasteiger charge is 2.38. The lowest BCUT2D eigenvalue weighted by Crippen LogP contribution is -2.42. The Morgan fingerprint density at radius 1 is 1.03 bits per heavy atom. The molecule has 1 N–H and O–H groups in total. The molecule has 6 nitrogen and oxygen atoms in total. The van der Waals surface area contributed by atoms with E-state index in [4.69, 9.17) is 4.74 Å². The fourth-order valence-electron chi connectivity index (χ4n) is 4.15. The number of carbonyl (C=O) groups is 3. The van der Waals surface area contributed by atoms with E-state index in [1.807, 2.05) is 49.6 Å². The van der Waals surface area contributed by atoms with Gasteiger partial charge in [0.15, 0.2) is 0 Å². The van der Waals surface area contributed by atoms with Crippen molar-refractivity contribution < 1.29 is 19.1 Å². The summed E-state index contributed by atoms with van der Waals surface area (Å²) in [5.41, 5.74) is 3.26. The molecule has 1 saturated heterocycles. The Morgan fingerprint density at radius 2 is 1.76 bits per heavy atom. The van der Waals surface area contributed by atoms with Crippen molar-refractivity contribution in [3.8, 4) is 0 Å². The molecule has 3 aromatic rings. The van der Waals surface area contributed by atoms with Crippen molar-refractivity contribution in [2.45, 2.75) is 38.8 Å². The summed E-state index contributed by atoms with van der Waals surface area (Å²) in [6.07, 6.45) is 0.0939. The third-order valence-corrected chi connectivity index (χ3v) is 6.44. The summed E-state index contributed by atoms with van der Waals surface area (Å²) in [7, 11) is 0. The summed E-state index contributed by atoms with van der Waals surface area (Å²) < 4.78 is 5.77. The van der Waals surface area contributed by atoms with Gasteiger partial charge in [-0.1, -0.05) is 42.5 Å². The highest BCUT2D eigenvalue weighted by Crippen LogP contribution is 2.27. The number of anilines is 1. The molecule has 1 aliphatic rings. The molecule has 1 aliphatic heterocycles. The normalized spacial score (nSPS) is 16.3. The number of benzene rings is 2. The van der Waals surface area contributed by atoms with Crippen molar-refractivity contribution in [3.05, 3.63) is 87.6 Å². The second-order valence-electron chi connectivity index (χ2n) is 8.23. The first kappa shape index (κ1) is 22.7. The number of esters is 1. The van der Waals surface area contributed by atoms with E-state index in [0.717, 1.165) is 11.1 Å². The van der Waals surface area contributed by atoms with E-state index >= 15 is 0 Å². The summed E-state index contributed by atoms with van der Waals surface area (Å²) in [6.45, 7) is 4.40. The Bertz CT molecular complexity index is 1120. The number of nitrogens with one attached hydrogen (secondary N) is 1. The molecule has 1 aromatic heterocycles. The van der Waals surface area contributed by atoms with Crippen LogP contribution in [-0.2, 0) is 14.3 Å². The average molecular weight is 463 g/mol. The molecule has 0 saturated carbocycles. The van der Waals surface area contributed by atoms with Gasteiger partial charge in [-0.05, 0) is 61.4 Å². The van der Waals surface area contributed by atoms with Crippen LogP contribution in [0.4, 0.5) is 5.69 Å². The zero-order chi connectivity index (χ0) is 23.4.